The number of benzene rings is 1. The first-order valence-corrected chi connectivity index (χ1v) is 11.1. The number of pyridine rings is 1. The van der Waals surface area contributed by atoms with Crippen LogP contribution in [0.15, 0.2) is 36.7 Å². The van der Waals surface area contributed by atoms with E-state index in [0.717, 1.165) is 28.9 Å². The number of hydrogen-bond acceptors (Lipinski definition) is 6. The monoisotopic (exact) mass is 445 g/mol. The lowest BCUT2D eigenvalue weighted by Crippen LogP contribution is -2.12. The maximum absolute atomic E-state index is 14.3. The third-order valence-corrected chi connectivity index (χ3v) is 6.29. The van der Waals surface area contributed by atoms with Gasteiger partial charge < -0.3 is 10.5 Å². The molecule has 2 N–H and O–H groups in total. The molecule has 1 aliphatic heterocycles. The van der Waals surface area contributed by atoms with E-state index in [4.69, 9.17) is 15.6 Å². The highest BCUT2D eigenvalue weighted by Gasteiger charge is 2.27. The predicted molar refractivity (Wildman–Crippen MR) is 121 cm³/mol. The van der Waals surface area contributed by atoms with Crippen molar-refractivity contribution in [2.75, 3.05) is 5.73 Å². The Morgan fingerprint density at radius 3 is 2.88 bits per heavy atom. The van der Waals surface area contributed by atoms with Crippen LogP contribution < -0.4 is 10.5 Å². The summed E-state index contributed by atoms with van der Waals surface area (Å²) in [5, 5.41) is 9.35. The smallest absolute Gasteiger partial charge is 0.166 e. The van der Waals surface area contributed by atoms with Crippen LogP contribution in [0.25, 0.3) is 22.6 Å². The Labute approximate surface area is 190 Å². The summed E-state index contributed by atoms with van der Waals surface area (Å²) in [6.07, 6.45) is 5.59. The van der Waals surface area contributed by atoms with Crippen molar-refractivity contribution in [3.8, 4) is 28.4 Å². The lowest BCUT2D eigenvalue weighted by Gasteiger charge is -2.21. The Balaban J connectivity index is 1.60. The number of ether oxygens (including phenoxy) is 1. The average molecular weight is 446 g/mol. The predicted octanol–water partition coefficient (Wildman–Crippen LogP) is 4.15. The van der Waals surface area contributed by atoms with Gasteiger partial charge in [0.15, 0.2) is 17.4 Å². The van der Waals surface area contributed by atoms with E-state index >= 15 is 0 Å². The van der Waals surface area contributed by atoms with Crippen molar-refractivity contribution in [1.29, 1.82) is 0 Å². The van der Waals surface area contributed by atoms with Gasteiger partial charge in [0.2, 0.25) is 0 Å². The molecule has 1 fully saturated rings. The molecule has 168 valence electrons. The van der Waals surface area contributed by atoms with Crippen LogP contribution in [0.5, 0.6) is 5.75 Å². The van der Waals surface area contributed by atoms with Crippen molar-refractivity contribution in [3.63, 3.8) is 0 Å². The van der Waals surface area contributed by atoms with Crippen LogP contribution in [0.2, 0.25) is 0 Å². The standard InChI is InChI=1S/C24H24FN7O/c1-13-20-8-18(25)5-6-19(20)24-29-14(2)30-32(24)12-17-10-28-31(11-15-3-4-15)22(17)16-7-21(33-13)23(26)27-9-16/h5-10,13,15H,3-4,11-12H2,1-2H3,(H2,26,27)/t13-/m1/s1. The normalized spacial score (nSPS) is 17.2. The van der Waals surface area contributed by atoms with E-state index in [1.54, 1.807) is 12.3 Å². The quantitative estimate of drug-likeness (QED) is 0.498. The van der Waals surface area contributed by atoms with Gasteiger partial charge in [-0.1, -0.05) is 0 Å². The van der Waals surface area contributed by atoms with Crippen LogP contribution in [0.1, 0.15) is 42.8 Å². The van der Waals surface area contributed by atoms with E-state index in [0.29, 0.717) is 35.4 Å². The Kier molecular flexibility index (Phi) is 4.46. The van der Waals surface area contributed by atoms with Gasteiger partial charge in [-0.3, -0.25) is 4.68 Å². The number of aryl methyl sites for hydroxylation is 1. The molecule has 4 aromatic rings. The fourth-order valence-corrected chi connectivity index (χ4v) is 4.49. The minimum atomic E-state index is -0.490. The molecule has 0 saturated heterocycles. The van der Waals surface area contributed by atoms with Gasteiger partial charge in [-0.2, -0.15) is 10.2 Å². The minimum Gasteiger partial charge on any atom is -0.482 e. The maximum Gasteiger partial charge on any atom is 0.166 e. The molecule has 0 spiro atoms. The second kappa shape index (κ2) is 7.40. The van der Waals surface area contributed by atoms with E-state index in [1.807, 2.05) is 35.5 Å². The fourth-order valence-electron chi connectivity index (χ4n) is 4.49. The van der Waals surface area contributed by atoms with Crippen molar-refractivity contribution in [2.45, 2.75) is 45.9 Å². The van der Waals surface area contributed by atoms with E-state index in [2.05, 4.69) is 15.1 Å². The molecule has 33 heavy (non-hydrogen) atoms. The molecule has 1 saturated carbocycles. The zero-order valence-electron chi connectivity index (χ0n) is 18.5. The van der Waals surface area contributed by atoms with Gasteiger partial charge in [-0.15, -0.1) is 0 Å². The molecular formula is C24H24FN7O. The van der Waals surface area contributed by atoms with Gasteiger partial charge in [0, 0.05) is 35.0 Å². The number of halogens is 1. The van der Waals surface area contributed by atoms with E-state index in [-0.39, 0.29) is 11.6 Å². The average Bonchev–Trinajstić information content (AvgIpc) is 3.41. The Hall–Kier alpha value is -3.75. The van der Waals surface area contributed by atoms with Crippen molar-refractivity contribution in [1.82, 2.24) is 29.5 Å². The van der Waals surface area contributed by atoms with E-state index < -0.39 is 6.10 Å². The number of hydrogen-bond donors (Lipinski definition) is 1. The first-order valence-electron chi connectivity index (χ1n) is 11.1. The first-order chi connectivity index (χ1) is 16.0. The molecule has 1 aromatic carbocycles. The van der Waals surface area contributed by atoms with Gasteiger partial charge in [0.25, 0.3) is 0 Å². The van der Waals surface area contributed by atoms with Crippen LogP contribution >= 0.6 is 0 Å². The molecule has 0 radical (unpaired) electrons. The van der Waals surface area contributed by atoms with Crippen LogP contribution in [-0.2, 0) is 13.1 Å². The molecule has 1 aliphatic carbocycles. The number of fused-ring (bicyclic) bond motifs is 7. The fraction of sp³-hybridized carbons (Fsp3) is 0.333. The Bertz CT molecular complexity index is 1370. The summed E-state index contributed by atoms with van der Waals surface area (Å²) in [6, 6.07) is 6.54. The Morgan fingerprint density at radius 2 is 2.06 bits per heavy atom. The van der Waals surface area contributed by atoms with Crippen LogP contribution in [0.3, 0.4) is 0 Å². The lowest BCUT2D eigenvalue weighted by molar-refractivity contribution is 0.227. The zero-order valence-corrected chi connectivity index (χ0v) is 18.5. The molecule has 9 heteroatoms. The van der Waals surface area contributed by atoms with Crippen LogP contribution in [0, 0.1) is 18.7 Å². The molecule has 0 unspecified atom stereocenters. The van der Waals surface area contributed by atoms with Crippen molar-refractivity contribution in [3.05, 3.63) is 59.4 Å². The third-order valence-electron chi connectivity index (χ3n) is 6.29. The molecular weight excluding hydrogens is 421 g/mol. The number of anilines is 1. The summed E-state index contributed by atoms with van der Waals surface area (Å²) in [5.74, 6) is 2.35. The Morgan fingerprint density at radius 1 is 1.21 bits per heavy atom. The van der Waals surface area contributed by atoms with Crippen LogP contribution in [0.4, 0.5) is 10.2 Å². The topological polar surface area (TPSA) is 96.7 Å². The lowest BCUT2D eigenvalue weighted by atomic mass is 10.0. The summed E-state index contributed by atoms with van der Waals surface area (Å²) in [7, 11) is 0. The number of aromatic nitrogens is 6. The molecule has 4 heterocycles. The van der Waals surface area contributed by atoms with Crippen LogP contribution in [-0.4, -0.2) is 29.5 Å². The maximum atomic E-state index is 14.3. The third kappa shape index (κ3) is 3.53. The molecule has 8 nitrogen and oxygen atoms in total. The second-order valence-electron chi connectivity index (χ2n) is 8.88. The number of nitrogen functional groups attached to an aromatic ring is 1. The minimum absolute atomic E-state index is 0.287. The number of rotatable bonds is 2. The van der Waals surface area contributed by atoms with Crippen molar-refractivity contribution in [2.24, 2.45) is 5.92 Å². The summed E-state index contributed by atoms with van der Waals surface area (Å²) >= 11 is 0. The highest BCUT2D eigenvalue weighted by atomic mass is 19.1. The molecule has 2 aliphatic rings. The molecule has 0 amide bonds. The van der Waals surface area contributed by atoms with Gasteiger partial charge in [-0.05, 0) is 56.9 Å². The molecule has 1 atom stereocenters. The van der Waals surface area contributed by atoms with E-state index in [9.17, 15) is 4.39 Å². The number of nitrogens with zero attached hydrogens (tertiary/aromatic N) is 6. The highest BCUT2D eigenvalue weighted by Crippen LogP contribution is 2.38. The molecule has 3 aromatic heterocycles. The van der Waals surface area contributed by atoms with Gasteiger partial charge >= 0.3 is 0 Å². The highest BCUT2D eigenvalue weighted by molar-refractivity contribution is 5.68. The summed E-state index contributed by atoms with van der Waals surface area (Å²) in [6.45, 7) is 5.05. The van der Waals surface area contributed by atoms with Gasteiger partial charge in [-0.25, -0.2) is 19.0 Å². The van der Waals surface area contributed by atoms with Crippen molar-refractivity contribution >= 4 is 5.82 Å². The van der Waals surface area contributed by atoms with E-state index in [1.165, 1.54) is 25.0 Å². The summed E-state index contributed by atoms with van der Waals surface area (Å²) in [4.78, 5) is 9.08. The van der Waals surface area contributed by atoms with Gasteiger partial charge in [0.05, 0.1) is 18.4 Å². The molecule has 6 rings (SSSR count). The largest absolute Gasteiger partial charge is 0.482 e. The molecule has 2 bridgehead atoms. The summed E-state index contributed by atoms with van der Waals surface area (Å²) < 4.78 is 24.4. The second-order valence-corrected chi connectivity index (χ2v) is 8.88. The summed E-state index contributed by atoms with van der Waals surface area (Å²) in [5.41, 5.74) is 10.4. The van der Waals surface area contributed by atoms with Gasteiger partial charge in [0.1, 0.15) is 17.7 Å². The SMILES string of the molecule is Cc1nc2n(n1)Cc1cnn(CC3CC3)c1-c1cnc(N)c(c1)O[C@H](C)c1cc(F)ccc1-2. The van der Waals surface area contributed by atoms with Crippen molar-refractivity contribution < 1.29 is 9.13 Å². The first kappa shape index (κ1) is 19.9. The zero-order chi connectivity index (χ0) is 22.7. The number of nitrogens with two attached hydrogens (primary N) is 1.